The van der Waals surface area contributed by atoms with Gasteiger partial charge in [-0.25, -0.2) is 4.79 Å². The monoisotopic (exact) mass is 375 g/mol. The molecular weight excluding hydrogens is 350 g/mol. The number of ether oxygens (including phenoxy) is 1. The number of carbonyl (C=O) groups excluding carboxylic acids is 2. The number of nitrogens with one attached hydrogen (secondary N) is 2. The predicted molar refractivity (Wildman–Crippen MR) is 95.9 cm³/mol. The Kier molecular flexibility index (Phi) is 4.24. The minimum absolute atomic E-state index is 0.130. The van der Waals surface area contributed by atoms with Crippen LogP contribution in [0.25, 0.3) is 0 Å². The second-order valence-electron chi connectivity index (χ2n) is 8.61. The number of hydrogen-bond donors (Lipinski definition) is 2. The van der Waals surface area contributed by atoms with Gasteiger partial charge in [0, 0.05) is 30.8 Å². The molecule has 8 heteroatoms. The van der Waals surface area contributed by atoms with E-state index in [2.05, 4.69) is 10.3 Å². The van der Waals surface area contributed by atoms with Crippen molar-refractivity contribution in [2.45, 2.75) is 57.0 Å². The summed E-state index contributed by atoms with van der Waals surface area (Å²) in [4.78, 5) is 50.1. The number of nitrogens with zero attached hydrogens (tertiary/aromatic N) is 1. The molecular formula is C19H25N3O5. The van der Waals surface area contributed by atoms with Gasteiger partial charge in [-0.05, 0) is 50.4 Å². The molecule has 146 valence electrons. The highest BCUT2D eigenvalue weighted by molar-refractivity contribution is 5.79. The number of amides is 1. The van der Waals surface area contributed by atoms with Crippen LogP contribution in [0.1, 0.15) is 44.9 Å². The van der Waals surface area contributed by atoms with Crippen LogP contribution in [0.4, 0.5) is 0 Å². The minimum atomic E-state index is -0.519. The van der Waals surface area contributed by atoms with Crippen LogP contribution in [0.2, 0.25) is 0 Å². The van der Waals surface area contributed by atoms with E-state index < -0.39 is 16.7 Å². The van der Waals surface area contributed by atoms with Crippen molar-refractivity contribution >= 4 is 11.9 Å². The van der Waals surface area contributed by atoms with E-state index in [4.69, 9.17) is 4.74 Å². The predicted octanol–water partition coefficient (Wildman–Crippen LogP) is 0.555. The molecule has 4 atom stereocenters. The number of aromatic amines is 1. The Bertz CT molecular complexity index is 872. The van der Waals surface area contributed by atoms with E-state index in [1.165, 1.54) is 23.9 Å². The van der Waals surface area contributed by atoms with E-state index in [0.717, 1.165) is 32.1 Å². The van der Waals surface area contributed by atoms with Gasteiger partial charge in [0.25, 0.3) is 5.56 Å². The molecule has 0 saturated heterocycles. The van der Waals surface area contributed by atoms with E-state index in [0.29, 0.717) is 18.3 Å². The number of methoxy groups -OCH3 is 1. The highest BCUT2D eigenvalue weighted by Crippen LogP contribution is 2.62. The largest absolute Gasteiger partial charge is 0.469 e. The van der Waals surface area contributed by atoms with Crippen LogP contribution >= 0.6 is 0 Å². The smallest absolute Gasteiger partial charge is 0.328 e. The summed E-state index contributed by atoms with van der Waals surface area (Å²) < 4.78 is 6.41. The summed E-state index contributed by atoms with van der Waals surface area (Å²) in [5.41, 5.74) is -1.77. The molecule has 5 rings (SSSR count). The Hall–Kier alpha value is -2.38. The summed E-state index contributed by atoms with van der Waals surface area (Å²) in [6.45, 7) is 0.201. The summed E-state index contributed by atoms with van der Waals surface area (Å²) in [6, 6.07) is 1.26. The molecule has 0 aliphatic heterocycles. The Morgan fingerprint density at radius 3 is 2.59 bits per heavy atom. The molecule has 2 unspecified atom stereocenters. The van der Waals surface area contributed by atoms with Crippen LogP contribution in [-0.2, 0) is 20.9 Å². The minimum Gasteiger partial charge on any atom is -0.469 e. The van der Waals surface area contributed by atoms with Crippen molar-refractivity contribution in [3.05, 3.63) is 33.1 Å². The van der Waals surface area contributed by atoms with Gasteiger partial charge in [-0.1, -0.05) is 0 Å². The third-order valence-electron chi connectivity index (χ3n) is 6.56. The molecule has 0 radical (unpaired) electrons. The molecule has 1 amide bonds. The Morgan fingerprint density at radius 1 is 1.26 bits per heavy atom. The van der Waals surface area contributed by atoms with Gasteiger partial charge in [0.15, 0.2) is 0 Å². The Morgan fingerprint density at radius 2 is 1.96 bits per heavy atom. The third kappa shape index (κ3) is 3.21. The third-order valence-corrected chi connectivity index (χ3v) is 6.56. The Balaban J connectivity index is 1.45. The van der Waals surface area contributed by atoms with E-state index in [1.807, 2.05) is 0 Å². The molecule has 4 fully saturated rings. The normalized spacial score (nSPS) is 33.7. The van der Waals surface area contributed by atoms with Crippen molar-refractivity contribution in [2.75, 3.05) is 7.11 Å². The van der Waals surface area contributed by atoms with E-state index in [1.54, 1.807) is 0 Å². The fourth-order valence-corrected chi connectivity index (χ4v) is 6.06. The fraction of sp³-hybridized carbons (Fsp3) is 0.684. The van der Waals surface area contributed by atoms with Crippen molar-refractivity contribution in [1.82, 2.24) is 14.9 Å². The molecule has 4 aliphatic rings. The number of hydrogen-bond acceptors (Lipinski definition) is 5. The Labute approximate surface area is 156 Å². The van der Waals surface area contributed by atoms with E-state index >= 15 is 0 Å². The maximum atomic E-state index is 12.6. The lowest BCUT2D eigenvalue weighted by Crippen LogP contribution is -2.65. The van der Waals surface area contributed by atoms with Crippen molar-refractivity contribution in [1.29, 1.82) is 0 Å². The van der Waals surface area contributed by atoms with Crippen molar-refractivity contribution in [3.8, 4) is 0 Å². The highest BCUT2D eigenvalue weighted by Gasteiger charge is 2.61. The van der Waals surface area contributed by atoms with Crippen LogP contribution in [0.5, 0.6) is 0 Å². The fourth-order valence-electron chi connectivity index (χ4n) is 6.06. The summed E-state index contributed by atoms with van der Waals surface area (Å²) in [6.07, 6.45) is 6.85. The first-order valence-electron chi connectivity index (χ1n) is 9.52. The quantitative estimate of drug-likeness (QED) is 0.731. The summed E-state index contributed by atoms with van der Waals surface area (Å²) in [7, 11) is 1.44. The van der Waals surface area contributed by atoms with Gasteiger partial charge < -0.3 is 14.6 Å². The summed E-state index contributed by atoms with van der Waals surface area (Å²) in [5, 5.41) is 3.20. The number of esters is 1. The average Bonchev–Trinajstić information content (AvgIpc) is 2.58. The van der Waals surface area contributed by atoms with Crippen molar-refractivity contribution in [3.63, 3.8) is 0 Å². The van der Waals surface area contributed by atoms with Gasteiger partial charge in [-0.3, -0.25) is 19.4 Å². The van der Waals surface area contributed by atoms with Gasteiger partial charge in [-0.15, -0.1) is 0 Å². The average molecular weight is 375 g/mol. The first kappa shape index (κ1) is 18.0. The van der Waals surface area contributed by atoms with Crippen molar-refractivity contribution in [2.24, 2.45) is 17.3 Å². The second kappa shape index (κ2) is 6.35. The molecule has 1 heterocycles. The lowest BCUT2D eigenvalue weighted by atomic mass is 9.47. The van der Waals surface area contributed by atoms with Gasteiger partial charge in [0.2, 0.25) is 5.91 Å². The first-order valence-corrected chi connectivity index (χ1v) is 9.52. The lowest BCUT2D eigenvalue weighted by Gasteiger charge is -2.60. The highest BCUT2D eigenvalue weighted by atomic mass is 16.5. The molecule has 4 saturated carbocycles. The molecule has 4 aliphatic carbocycles. The van der Waals surface area contributed by atoms with Crippen molar-refractivity contribution < 1.29 is 14.3 Å². The van der Waals surface area contributed by atoms with Crippen LogP contribution in [0.3, 0.4) is 0 Å². The molecule has 27 heavy (non-hydrogen) atoms. The van der Waals surface area contributed by atoms with Crippen LogP contribution < -0.4 is 16.6 Å². The van der Waals surface area contributed by atoms with Crippen LogP contribution in [0, 0.1) is 17.3 Å². The van der Waals surface area contributed by atoms with Gasteiger partial charge in [-0.2, -0.15) is 0 Å². The summed E-state index contributed by atoms with van der Waals surface area (Å²) >= 11 is 0. The molecule has 1 aromatic heterocycles. The van der Waals surface area contributed by atoms with E-state index in [9.17, 15) is 19.2 Å². The number of aromatic nitrogens is 2. The SMILES string of the molecule is COC(=O)C12C[C@@H]3C[C@@H](CC(NC(=O)CCn4ccc(=O)[nH]c4=O)(C3)C1)C2. The standard InChI is InChI=1S/C19H25N3O5/c1-27-16(25)18-7-12-6-13(8-18)10-19(9-12,11-18)21-15(24)3-5-22-4-2-14(23)20-17(22)26/h2,4,12-13H,3,5-11H2,1H3,(H,21,24)(H,20,23,26)/t12-,13+,18?,19?. The zero-order valence-corrected chi connectivity index (χ0v) is 15.5. The van der Waals surface area contributed by atoms with Gasteiger partial charge in [0.1, 0.15) is 0 Å². The number of H-pyrrole nitrogens is 1. The topological polar surface area (TPSA) is 110 Å². The maximum absolute atomic E-state index is 12.6. The second-order valence-corrected chi connectivity index (χ2v) is 8.61. The lowest BCUT2D eigenvalue weighted by molar-refractivity contribution is -0.173. The molecule has 0 aromatic carbocycles. The number of carbonyl (C=O) groups is 2. The molecule has 2 N–H and O–H groups in total. The van der Waals surface area contributed by atoms with Crippen LogP contribution in [-0.4, -0.2) is 34.1 Å². The number of aryl methyl sites for hydroxylation is 1. The zero-order valence-electron chi connectivity index (χ0n) is 15.5. The van der Waals surface area contributed by atoms with Gasteiger partial charge in [0.05, 0.1) is 12.5 Å². The molecule has 4 bridgehead atoms. The zero-order chi connectivity index (χ0) is 19.2. The molecule has 8 nitrogen and oxygen atoms in total. The van der Waals surface area contributed by atoms with E-state index in [-0.39, 0.29) is 30.4 Å². The van der Waals surface area contributed by atoms with Crippen LogP contribution in [0.15, 0.2) is 21.9 Å². The number of rotatable bonds is 5. The van der Waals surface area contributed by atoms with Gasteiger partial charge >= 0.3 is 11.7 Å². The summed E-state index contributed by atoms with van der Waals surface area (Å²) in [5.74, 6) is 0.630. The maximum Gasteiger partial charge on any atom is 0.328 e. The molecule has 1 aromatic rings. The molecule has 0 spiro atoms. The first-order chi connectivity index (χ1) is 12.8.